The Morgan fingerprint density at radius 2 is 1.85 bits per heavy atom. The molecule has 1 fully saturated rings. The summed E-state index contributed by atoms with van der Waals surface area (Å²) in [6.07, 6.45) is 2.85. The van der Waals surface area contributed by atoms with Gasteiger partial charge in [0.05, 0.1) is 20.8 Å². The first-order chi connectivity index (χ1) is 15.9. The largest absolute Gasteiger partial charge is 0.493 e. The van der Waals surface area contributed by atoms with Gasteiger partial charge in [0.2, 0.25) is 5.91 Å². The van der Waals surface area contributed by atoms with E-state index >= 15 is 0 Å². The average Bonchev–Trinajstić information content (AvgIpc) is 3.54. The van der Waals surface area contributed by atoms with Crippen LogP contribution < -0.4 is 14.8 Å². The van der Waals surface area contributed by atoms with Crippen molar-refractivity contribution in [2.45, 2.75) is 39.7 Å². The maximum atomic E-state index is 13.3. The molecule has 8 heteroatoms. The Bertz CT molecular complexity index is 938. The van der Waals surface area contributed by atoms with Crippen LogP contribution >= 0.6 is 0 Å². The molecule has 1 N–H and O–H groups in total. The van der Waals surface area contributed by atoms with Crippen LogP contribution in [0.1, 0.15) is 36.8 Å². The van der Waals surface area contributed by atoms with E-state index in [1.807, 2.05) is 44.2 Å². The Balaban J connectivity index is 1.72. The van der Waals surface area contributed by atoms with Crippen molar-refractivity contribution in [3.8, 4) is 11.5 Å². The highest BCUT2D eigenvalue weighted by atomic mass is 16.5. The van der Waals surface area contributed by atoms with Crippen LogP contribution in [0.4, 0.5) is 4.79 Å². The van der Waals surface area contributed by atoms with Gasteiger partial charge in [0, 0.05) is 19.6 Å². The number of hydrogen-bond acceptors (Lipinski definition) is 5. The van der Waals surface area contributed by atoms with E-state index in [1.165, 1.54) is 0 Å². The molecule has 0 radical (unpaired) electrons. The van der Waals surface area contributed by atoms with E-state index in [1.54, 1.807) is 24.0 Å². The number of benzene rings is 1. The summed E-state index contributed by atoms with van der Waals surface area (Å²) >= 11 is 0. The number of carbonyl (C=O) groups is 2. The molecule has 0 atom stereocenters. The van der Waals surface area contributed by atoms with E-state index in [-0.39, 0.29) is 18.5 Å². The van der Waals surface area contributed by atoms with Crippen molar-refractivity contribution < 1.29 is 23.5 Å². The number of urea groups is 1. The molecule has 33 heavy (non-hydrogen) atoms. The monoisotopic (exact) mass is 457 g/mol. The van der Waals surface area contributed by atoms with E-state index in [0.29, 0.717) is 50.0 Å². The molecule has 3 amide bonds. The van der Waals surface area contributed by atoms with Gasteiger partial charge in [-0.05, 0) is 68.9 Å². The minimum Gasteiger partial charge on any atom is -0.493 e. The molecule has 0 bridgehead atoms. The van der Waals surface area contributed by atoms with Crippen molar-refractivity contribution in [3.63, 3.8) is 0 Å². The van der Waals surface area contributed by atoms with Crippen molar-refractivity contribution in [1.82, 2.24) is 15.1 Å². The lowest BCUT2D eigenvalue weighted by Crippen LogP contribution is -2.47. The molecule has 2 aromatic rings. The van der Waals surface area contributed by atoms with Gasteiger partial charge in [-0.1, -0.05) is 6.07 Å². The third-order valence-corrected chi connectivity index (χ3v) is 5.73. The maximum absolute atomic E-state index is 13.3. The molecule has 1 aliphatic carbocycles. The number of hydrogen-bond donors (Lipinski definition) is 1. The normalized spacial score (nSPS) is 12.8. The first kappa shape index (κ1) is 24.5. The number of furan rings is 1. The van der Waals surface area contributed by atoms with Gasteiger partial charge < -0.3 is 29.0 Å². The van der Waals surface area contributed by atoms with E-state index in [0.717, 1.165) is 29.9 Å². The van der Waals surface area contributed by atoms with Gasteiger partial charge in [-0.2, -0.15) is 0 Å². The Labute approximate surface area is 195 Å². The number of amides is 3. The van der Waals surface area contributed by atoms with Crippen molar-refractivity contribution in [2.75, 3.05) is 40.4 Å². The third kappa shape index (κ3) is 7.17. The van der Waals surface area contributed by atoms with E-state index in [4.69, 9.17) is 13.9 Å². The fourth-order valence-corrected chi connectivity index (χ4v) is 3.71. The zero-order chi connectivity index (χ0) is 23.8. The van der Waals surface area contributed by atoms with Crippen LogP contribution in [0.15, 0.2) is 34.7 Å². The molecular formula is C25H35N3O5. The standard InChI is InChI=1S/C25H35N3O5/c1-5-26-25(30)28(15-20-7-8-20)17-24(29)27(16-21-10-6-18(2)33-21)13-12-19-9-11-22(31-3)23(14-19)32-4/h6,9-11,14,20H,5,7-8,12-13,15-17H2,1-4H3,(H,26,30). The highest BCUT2D eigenvalue weighted by Gasteiger charge is 2.29. The topological polar surface area (TPSA) is 84.3 Å². The molecule has 1 aromatic carbocycles. The molecule has 8 nitrogen and oxygen atoms in total. The van der Waals surface area contributed by atoms with Crippen LogP contribution in [0.3, 0.4) is 0 Å². The number of nitrogens with one attached hydrogen (secondary N) is 1. The summed E-state index contributed by atoms with van der Waals surface area (Å²) in [5.41, 5.74) is 1.03. The second-order valence-corrected chi connectivity index (χ2v) is 8.43. The molecule has 1 saturated carbocycles. The molecule has 1 aliphatic rings. The summed E-state index contributed by atoms with van der Waals surface area (Å²) in [6, 6.07) is 9.34. The summed E-state index contributed by atoms with van der Waals surface area (Å²) in [5, 5.41) is 2.83. The second kappa shape index (κ2) is 11.6. The molecule has 0 unspecified atom stereocenters. The maximum Gasteiger partial charge on any atom is 0.317 e. The number of rotatable bonds is 12. The smallest absolute Gasteiger partial charge is 0.317 e. The lowest BCUT2D eigenvalue weighted by atomic mass is 10.1. The minimum atomic E-state index is -0.188. The zero-order valence-electron chi connectivity index (χ0n) is 20.1. The number of methoxy groups -OCH3 is 2. The van der Waals surface area contributed by atoms with Gasteiger partial charge in [-0.25, -0.2) is 4.79 Å². The molecular weight excluding hydrogens is 422 g/mol. The van der Waals surface area contributed by atoms with Crippen LogP contribution in [0.25, 0.3) is 0 Å². The average molecular weight is 458 g/mol. The number of ether oxygens (including phenoxy) is 2. The van der Waals surface area contributed by atoms with Crippen molar-refractivity contribution in [2.24, 2.45) is 5.92 Å². The summed E-state index contributed by atoms with van der Waals surface area (Å²) in [7, 11) is 3.21. The molecule has 1 heterocycles. The fourth-order valence-electron chi connectivity index (χ4n) is 3.71. The summed E-state index contributed by atoms with van der Waals surface area (Å²) in [6.45, 7) is 5.79. The van der Waals surface area contributed by atoms with Gasteiger partial charge in [0.25, 0.3) is 0 Å². The highest BCUT2D eigenvalue weighted by molar-refractivity contribution is 5.84. The quantitative estimate of drug-likeness (QED) is 0.526. The van der Waals surface area contributed by atoms with E-state index < -0.39 is 0 Å². The lowest BCUT2D eigenvalue weighted by Gasteiger charge is -2.27. The van der Waals surface area contributed by atoms with E-state index in [2.05, 4.69) is 5.32 Å². The van der Waals surface area contributed by atoms with Gasteiger partial charge in [-0.15, -0.1) is 0 Å². The predicted octanol–water partition coefficient (Wildman–Crippen LogP) is 3.62. The molecule has 0 spiro atoms. The minimum absolute atomic E-state index is 0.0496. The fraction of sp³-hybridized carbons (Fsp3) is 0.520. The van der Waals surface area contributed by atoms with Gasteiger partial charge in [-0.3, -0.25) is 4.79 Å². The Morgan fingerprint density at radius 3 is 2.45 bits per heavy atom. The first-order valence-electron chi connectivity index (χ1n) is 11.5. The Hall–Kier alpha value is -3.16. The zero-order valence-corrected chi connectivity index (χ0v) is 20.1. The lowest BCUT2D eigenvalue weighted by molar-refractivity contribution is -0.132. The number of aryl methyl sites for hydroxylation is 1. The van der Waals surface area contributed by atoms with Crippen molar-refractivity contribution >= 4 is 11.9 Å². The van der Waals surface area contributed by atoms with Gasteiger partial charge in [0.15, 0.2) is 11.5 Å². The molecule has 180 valence electrons. The Morgan fingerprint density at radius 1 is 1.09 bits per heavy atom. The SMILES string of the molecule is CCNC(=O)N(CC(=O)N(CCc1ccc(OC)c(OC)c1)Cc1ccc(C)o1)CC1CC1. The third-order valence-electron chi connectivity index (χ3n) is 5.73. The number of carbonyl (C=O) groups excluding carboxylic acids is 2. The first-order valence-corrected chi connectivity index (χ1v) is 11.5. The van der Waals surface area contributed by atoms with Crippen molar-refractivity contribution in [3.05, 3.63) is 47.4 Å². The predicted molar refractivity (Wildman–Crippen MR) is 125 cm³/mol. The summed E-state index contributed by atoms with van der Waals surface area (Å²) in [4.78, 5) is 29.3. The summed E-state index contributed by atoms with van der Waals surface area (Å²) < 4.78 is 16.4. The van der Waals surface area contributed by atoms with E-state index in [9.17, 15) is 9.59 Å². The van der Waals surface area contributed by atoms with Crippen LogP contribution in [-0.4, -0.2) is 62.1 Å². The van der Waals surface area contributed by atoms with Crippen LogP contribution in [0, 0.1) is 12.8 Å². The molecule has 1 aromatic heterocycles. The van der Waals surface area contributed by atoms with Crippen LogP contribution in [0.5, 0.6) is 11.5 Å². The highest BCUT2D eigenvalue weighted by Crippen LogP contribution is 2.30. The molecule has 3 rings (SSSR count). The number of nitrogens with zero attached hydrogens (tertiary/aromatic N) is 2. The molecule has 0 aliphatic heterocycles. The van der Waals surface area contributed by atoms with Crippen LogP contribution in [-0.2, 0) is 17.8 Å². The van der Waals surface area contributed by atoms with Crippen molar-refractivity contribution in [1.29, 1.82) is 0 Å². The summed E-state index contributed by atoms with van der Waals surface area (Å²) in [5.74, 6) is 3.24. The molecule has 0 saturated heterocycles. The van der Waals surface area contributed by atoms with Gasteiger partial charge in [0.1, 0.15) is 18.1 Å². The second-order valence-electron chi connectivity index (χ2n) is 8.43. The van der Waals surface area contributed by atoms with Gasteiger partial charge >= 0.3 is 6.03 Å². The Kier molecular flexibility index (Phi) is 8.63. The van der Waals surface area contributed by atoms with Crippen LogP contribution in [0.2, 0.25) is 0 Å².